The van der Waals surface area contributed by atoms with Crippen molar-refractivity contribution in [2.45, 2.75) is 0 Å². The number of nitrogen functional groups attached to an aromatic ring is 1. The van der Waals surface area contributed by atoms with Gasteiger partial charge in [-0.1, -0.05) is 12.1 Å². The first-order chi connectivity index (χ1) is 5.88. The minimum atomic E-state index is 0.717. The third-order valence-electron chi connectivity index (χ3n) is 1.64. The van der Waals surface area contributed by atoms with E-state index in [1.54, 1.807) is 10.7 Å². The summed E-state index contributed by atoms with van der Waals surface area (Å²) in [4.78, 5) is 0. The van der Waals surface area contributed by atoms with Crippen molar-refractivity contribution in [3.05, 3.63) is 42.7 Å². The number of anilines is 1. The van der Waals surface area contributed by atoms with E-state index in [9.17, 15) is 0 Å². The fourth-order valence-corrected chi connectivity index (χ4v) is 1.06. The van der Waals surface area contributed by atoms with Crippen molar-refractivity contribution in [2.75, 3.05) is 5.73 Å². The first kappa shape index (κ1) is 6.91. The van der Waals surface area contributed by atoms with E-state index in [1.807, 2.05) is 30.5 Å². The van der Waals surface area contributed by atoms with Crippen LogP contribution in [0.15, 0.2) is 36.5 Å². The highest BCUT2D eigenvalue weighted by Gasteiger charge is 1.98. The second-order valence-corrected chi connectivity index (χ2v) is 2.45. The monoisotopic (exact) mass is 158 g/mol. The zero-order chi connectivity index (χ0) is 8.39. The second-order valence-electron chi connectivity index (χ2n) is 2.45. The third kappa shape index (κ3) is 1.05. The maximum absolute atomic E-state index is 5.74. The van der Waals surface area contributed by atoms with E-state index in [0.29, 0.717) is 0 Å². The number of benzene rings is 1. The van der Waals surface area contributed by atoms with Crippen LogP contribution in [0, 0.1) is 6.20 Å². The number of nitrogens with zero attached hydrogens (tertiary/aromatic N) is 2. The van der Waals surface area contributed by atoms with Crippen molar-refractivity contribution >= 4 is 5.69 Å². The van der Waals surface area contributed by atoms with Crippen LogP contribution in [0.2, 0.25) is 0 Å². The molecule has 3 nitrogen and oxygen atoms in total. The van der Waals surface area contributed by atoms with E-state index in [4.69, 9.17) is 5.73 Å². The molecule has 59 valence electrons. The zero-order valence-electron chi connectivity index (χ0n) is 6.44. The largest absolute Gasteiger partial charge is 0.397 e. The highest BCUT2D eigenvalue weighted by Crippen LogP contribution is 2.13. The number of rotatable bonds is 1. The molecule has 0 bridgehead atoms. The highest BCUT2D eigenvalue weighted by molar-refractivity contribution is 5.56. The molecular weight excluding hydrogens is 150 g/mol. The van der Waals surface area contributed by atoms with Crippen molar-refractivity contribution in [3.63, 3.8) is 0 Å². The first-order valence-electron chi connectivity index (χ1n) is 3.64. The number of para-hydroxylation sites is 2. The topological polar surface area (TPSA) is 43.8 Å². The van der Waals surface area contributed by atoms with Gasteiger partial charge in [0.15, 0.2) is 0 Å². The summed E-state index contributed by atoms with van der Waals surface area (Å²) in [6.45, 7) is 0. The van der Waals surface area contributed by atoms with E-state index in [1.165, 1.54) is 0 Å². The molecule has 0 fully saturated rings. The number of hydrogen-bond donors (Lipinski definition) is 1. The Morgan fingerprint density at radius 1 is 1.33 bits per heavy atom. The Morgan fingerprint density at radius 3 is 2.83 bits per heavy atom. The lowest BCUT2D eigenvalue weighted by Gasteiger charge is -2.03. The maximum Gasteiger partial charge on any atom is 0.113 e. The molecule has 1 aromatic heterocycles. The zero-order valence-corrected chi connectivity index (χ0v) is 6.44. The van der Waals surface area contributed by atoms with Crippen LogP contribution in [-0.2, 0) is 0 Å². The standard InChI is InChI=1S/C9H8N3/c10-8-4-1-2-5-9(8)12-7-3-6-11-12/h1-5,7H,10H2. The molecule has 1 heterocycles. The summed E-state index contributed by atoms with van der Waals surface area (Å²) in [5.41, 5.74) is 7.34. The minimum absolute atomic E-state index is 0.717. The quantitative estimate of drug-likeness (QED) is 0.635. The van der Waals surface area contributed by atoms with Crippen LogP contribution >= 0.6 is 0 Å². The molecule has 0 unspecified atom stereocenters. The predicted molar refractivity (Wildman–Crippen MR) is 46.8 cm³/mol. The van der Waals surface area contributed by atoms with Crippen molar-refractivity contribution in [2.24, 2.45) is 0 Å². The van der Waals surface area contributed by atoms with Gasteiger partial charge >= 0.3 is 0 Å². The van der Waals surface area contributed by atoms with Crippen LogP contribution in [0.1, 0.15) is 0 Å². The molecule has 1 aromatic carbocycles. The van der Waals surface area contributed by atoms with Crippen molar-refractivity contribution in [3.8, 4) is 5.69 Å². The molecule has 0 aliphatic rings. The van der Waals surface area contributed by atoms with Gasteiger partial charge in [-0.15, -0.1) is 0 Å². The molecule has 0 spiro atoms. The summed E-state index contributed by atoms with van der Waals surface area (Å²) in [6.07, 6.45) is 4.52. The summed E-state index contributed by atoms with van der Waals surface area (Å²) < 4.78 is 1.69. The molecule has 2 rings (SSSR count). The Hall–Kier alpha value is -1.77. The average Bonchev–Trinajstić information content (AvgIpc) is 2.57. The van der Waals surface area contributed by atoms with Gasteiger partial charge in [-0.25, -0.2) is 4.68 Å². The third-order valence-corrected chi connectivity index (χ3v) is 1.64. The van der Waals surface area contributed by atoms with Gasteiger partial charge < -0.3 is 5.73 Å². The Labute approximate surface area is 70.4 Å². The molecule has 0 saturated carbocycles. The molecular formula is C9H8N3. The summed E-state index contributed by atoms with van der Waals surface area (Å²) in [6, 6.07) is 9.32. The molecule has 3 heteroatoms. The van der Waals surface area contributed by atoms with Crippen LogP contribution in [0.25, 0.3) is 5.69 Å². The average molecular weight is 158 g/mol. The predicted octanol–water partition coefficient (Wildman–Crippen LogP) is 1.25. The molecule has 2 N–H and O–H groups in total. The van der Waals surface area contributed by atoms with Gasteiger partial charge in [0.05, 0.1) is 11.4 Å². The Balaban J connectivity index is 2.55. The minimum Gasteiger partial charge on any atom is -0.397 e. The molecule has 2 aromatic rings. The van der Waals surface area contributed by atoms with Crippen molar-refractivity contribution < 1.29 is 0 Å². The molecule has 0 aliphatic carbocycles. The lowest BCUT2D eigenvalue weighted by Crippen LogP contribution is -1.98. The van der Waals surface area contributed by atoms with Gasteiger partial charge in [0.1, 0.15) is 6.20 Å². The van der Waals surface area contributed by atoms with Gasteiger partial charge in [-0.3, -0.25) is 0 Å². The highest BCUT2D eigenvalue weighted by atomic mass is 15.3. The first-order valence-corrected chi connectivity index (χ1v) is 3.64. The lowest BCUT2D eigenvalue weighted by molar-refractivity contribution is 0.879. The van der Waals surface area contributed by atoms with Gasteiger partial charge in [0.25, 0.3) is 0 Å². The molecule has 12 heavy (non-hydrogen) atoms. The van der Waals surface area contributed by atoms with Crippen LogP contribution in [-0.4, -0.2) is 9.78 Å². The Kier molecular flexibility index (Phi) is 1.55. The van der Waals surface area contributed by atoms with Crippen molar-refractivity contribution in [1.82, 2.24) is 9.78 Å². The van der Waals surface area contributed by atoms with Crippen LogP contribution < -0.4 is 5.73 Å². The molecule has 0 aliphatic heterocycles. The second kappa shape index (κ2) is 2.70. The Morgan fingerprint density at radius 2 is 2.17 bits per heavy atom. The van der Waals surface area contributed by atoms with E-state index in [-0.39, 0.29) is 0 Å². The van der Waals surface area contributed by atoms with Crippen LogP contribution in [0.5, 0.6) is 0 Å². The Bertz CT molecular complexity index is 365. The van der Waals surface area contributed by atoms with Gasteiger partial charge in [0, 0.05) is 6.20 Å². The van der Waals surface area contributed by atoms with Gasteiger partial charge in [-0.05, 0) is 18.2 Å². The van der Waals surface area contributed by atoms with Crippen LogP contribution in [0.4, 0.5) is 5.69 Å². The summed E-state index contributed by atoms with van der Waals surface area (Å²) in [5, 5.41) is 3.96. The lowest BCUT2D eigenvalue weighted by atomic mass is 10.3. The fourth-order valence-electron chi connectivity index (χ4n) is 1.06. The van der Waals surface area contributed by atoms with Crippen LogP contribution in [0.3, 0.4) is 0 Å². The number of nitrogens with two attached hydrogens (primary N) is 1. The van der Waals surface area contributed by atoms with Crippen molar-refractivity contribution in [1.29, 1.82) is 0 Å². The molecule has 1 radical (unpaired) electrons. The molecule has 0 amide bonds. The van der Waals surface area contributed by atoms with E-state index in [2.05, 4.69) is 11.3 Å². The van der Waals surface area contributed by atoms with Gasteiger partial charge in [0.2, 0.25) is 0 Å². The van der Waals surface area contributed by atoms with E-state index < -0.39 is 0 Å². The fraction of sp³-hybridized carbons (Fsp3) is 0. The molecule has 0 saturated heterocycles. The normalized spacial score (nSPS) is 10.0. The summed E-state index contributed by atoms with van der Waals surface area (Å²) in [5.74, 6) is 0. The maximum atomic E-state index is 5.74. The number of aromatic nitrogens is 2. The van der Waals surface area contributed by atoms with E-state index in [0.717, 1.165) is 11.4 Å². The SMILES string of the molecule is Nc1ccccc1-n1cc[c]n1. The summed E-state index contributed by atoms with van der Waals surface area (Å²) in [7, 11) is 0. The number of hydrogen-bond acceptors (Lipinski definition) is 2. The smallest absolute Gasteiger partial charge is 0.113 e. The summed E-state index contributed by atoms with van der Waals surface area (Å²) >= 11 is 0. The molecule has 0 atom stereocenters. The van der Waals surface area contributed by atoms with E-state index >= 15 is 0 Å². The van der Waals surface area contributed by atoms with Gasteiger partial charge in [-0.2, -0.15) is 5.10 Å².